The minimum atomic E-state index is 0.474. The third-order valence-electron chi connectivity index (χ3n) is 3.42. The van der Waals surface area contributed by atoms with Gasteiger partial charge in [0.1, 0.15) is 0 Å². The van der Waals surface area contributed by atoms with E-state index in [2.05, 4.69) is 45.0 Å². The molecule has 3 nitrogen and oxygen atoms in total. The van der Waals surface area contributed by atoms with Gasteiger partial charge in [0.05, 0.1) is 16.4 Å². The fourth-order valence-electron chi connectivity index (χ4n) is 2.24. The predicted molar refractivity (Wildman–Crippen MR) is 78.2 cm³/mol. The fourth-order valence-corrected chi connectivity index (χ4v) is 2.45. The minimum absolute atomic E-state index is 0.474. The van der Waals surface area contributed by atoms with Crippen molar-refractivity contribution in [2.24, 2.45) is 5.92 Å². The molecule has 1 aromatic heterocycles. The van der Waals surface area contributed by atoms with Gasteiger partial charge in [0.2, 0.25) is 0 Å². The first-order valence-corrected chi connectivity index (χ1v) is 7.22. The summed E-state index contributed by atoms with van der Waals surface area (Å²) < 4.78 is 2.02. The average Bonchev–Trinajstić information content (AvgIpc) is 2.55. The zero-order valence-electron chi connectivity index (χ0n) is 12.4. The zero-order chi connectivity index (χ0) is 13.9. The van der Waals surface area contributed by atoms with Crippen molar-refractivity contribution in [3.63, 3.8) is 0 Å². The Morgan fingerprint density at radius 3 is 2.39 bits per heavy atom. The highest BCUT2D eigenvalue weighted by molar-refractivity contribution is 6.31. The third-order valence-corrected chi connectivity index (χ3v) is 3.91. The Labute approximate surface area is 116 Å². The van der Waals surface area contributed by atoms with E-state index in [1.165, 1.54) is 5.69 Å². The summed E-state index contributed by atoms with van der Waals surface area (Å²) in [5.41, 5.74) is 2.10. The molecule has 0 saturated carbocycles. The van der Waals surface area contributed by atoms with Gasteiger partial charge in [0, 0.05) is 18.6 Å². The highest BCUT2D eigenvalue weighted by Gasteiger charge is 2.19. The van der Waals surface area contributed by atoms with Crippen LogP contribution in [0.2, 0.25) is 5.02 Å². The molecule has 0 aromatic carbocycles. The van der Waals surface area contributed by atoms with Gasteiger partial charge in [-0.05, 0) is 33.1 Å². The van der Waals surface area contributed by atoms with E-state index in [1.54, 1.807) is 0 Å². The van der Waals surface area contributed by atoms with Crippen molar-refractivity contribution in [1.82, 2.24) is 15.1 Å². The van der Waals surface area contributed by atoms with Crippen LogP contribution in [0.3, 0.4) is 0 Å². The maximum absolute atomic E-state index is 6.34. The molecule has 0 bridgehead atoms. The number of hydrogen-bond acceptors (Lipinski definition) is 2. The van der Waals surface area contributed by atoms with Gasteiger partial charge < -0.3 is 5.32 Å². The van der Waals surface area contributed by atoms with E-state index >= 15 is 0 Å². The van der Waals surface area contributed by atoms with E-state index in [-0.39, 0.29) is 0 Å². The number of halogens is 1. The van der Waals surface area contributed by atoms with Crippen LogP contribution in [-0.4, -0.2) is 21.9 Å². The summed E-state index contributed by atoms with van der Waals surface area (Å²) in [7, 11) is 0. The zero-order valence-corrected chi connectivity index (χ0v) is 13.2. The second-order valence-electron chi connectivity index (χ2n) is 5.45. The molecule has 0 aliphatic rings. The monoisotopic (exact) mass is 271 g/mol. The van der Waals surface area contributed by atoms with Crippen LogP contribution < -0.4 is 5.32 Å². The molecule has 4 heteroatoms. The van der Waals surface area contributed by atoms with E-state index in [1.807, 2.05) is 11.6 Å². The number of nitrogens with zero attached hydrogens (tertiary/aromatic N) is 2. The Bertz CT molecular complexity index is 385. The molecule has 1 rings (SSSR count). The molecule has 0 fully saturated rings. The minimum Gasteiger partial charge on any atom is -0.312 e. The standard InChI is InChI=1S/C14H26ClN3/c1-7-18-13(14(15)12(6)17-18)8-10(4)11(5)16-9(2)3/h9-11,16H,7-8H2,1-6H3. The van der Waals surface area contributed by atoms with Crippen molar-refractivity contribution >= 4 is 11.6 Å². The first-order valence-electron chi connectivity index (χ1n) is 6.84. The predicted octanol–water partition coefficient (Wildman–Crippen LogP) is 3.43. The summed E-state index contributed by atoms with van der Waals surface area (Å²) in [4.78, 5) is 0. The molecule has 0 spiro atoms. The molecule has 2 atom stereocenters. The highest BCUT2D eigenvalue weighted by Crippen LogP contribution is 2.24. The van der Waals surface area contributed by atoms with Crippen LogP contribution >= 0.6 is 11.6 Å². The fraction of sp³-hybridized carbons (Fsp3) is 0.786. The van der Waals surface area contributed by atoms with Crippen LogP contribution in [0.4, 0.5) is 0 Å². The maximum Gasteiger partial charge on any atom is 0.0847 e. The van der Waals surface area contributed by atoms with E-state index in [4.69, 9.17) is 11.6 Å². The Hall–Kier alpha value is -0.540. The van der Waals surface area contributed by atoms with Gasteiger partial charge in [0.25, 0.3) is 0 Å². The molecule has 0 aliphatic carbocycles. The second kappa shape index (κ2) is 6.58. The average molecular weight is 272 g/mol. The maximum atomic E-state index is 6.34. The lowest BCUT2D eigenvalue weighted by atomic mass is 9.97. The molecule has 0 saturated heterocycles. The summed E-state index contributed by atoms with van der Waals surface area (Å²) in [5.74, 6) is 0.534. The summed E-state index contributed by atoms with van der Waals surface area (Å²) in [6.07, 6.45) is 0.967. The molecule has 1 aromatic rings. The van der Waals surface area contributed by atoms with Crippen LogP contribution in [0.1, 0.15) is 46.0 Å². The van der Waals surface area contributed by atoms with Crippen molar-refractivity contribution in [2.45, 2.75) is 66.6 Å². The molecule has 0 radical (unpaired) electrons. The molecule has 104 valence electrons. The molecule has 0 amide bonds. The number of aryl methyl sites for hydroxylation is 2. The summed E-state index contributed by atoms with van der Waals surface area (Å²) in [6, 6.07) is 0.984. The lowest BCUT2D eigenvalue weighted by Gasteiger charge is -2.24. The first kappa shape index (κ1) is 15.5. The molecule has 2 unspecified atom stereocenters. The Morgan fingerprint density at radius 1 is 1.28 bits per heavy atom. The first-order chi connectivity index (χ1) is 8.36. The SMILES string of the molecule is CCn1nc(C)c(Cl)c1CC(C)C(C)NC(C)C. The van der Waals surface area contributed by atoms with Crippen LogP contribution in [0.15, 0.2) is 0 Å². The van der Waals surface area contributed by atoms with Gasteiger partial charge in [0.15, 0.2) is 0 Å². The van der Waals surface area contributed by atoms with Gasteiger partial charge >= 0.3 is 0 Å². The smallest absolute Gasteiger partial charge is 0.0847 e. The van der Waals surface area contributed by atoms with Crippen molar-refractivity contribution in [3.05, 3.63) is 16.4 Å². The summed E-state index contributed by atoms with van der Waals surface area (Å²) >= 11 is 6.34. The van der Waals surface area contributed by atoms with Crippen molar-refractivity contribution in [1.29, 1.82) is 0 Å². The van der Waals surface area contributed by atoms with E-state index in [0.29, 0.717) is 18.0 Å². The number of hydrogen-bond donors (Lipinski definition) is 1. The van der Waals surface area contributed by atoms with Crippen molar-refractivity contribution < 1.29 is 0 Å². The van der Waals surface area contributed by atoms with Crippen molar-refractivity contribution in [3.8, 4) is 0 Å². The van der Waals surface area contributed by atoms with E-state index < -0.39 is 0 Å². The van der Waals surface area contributed by atoms with Crippen LogP contribution in [0, 0.1) is 12.8 Å². The third kappa shape index (κ3) is 3.72. The largest absolute Gasteiger partial charge is 0.312 e. The Kier molecular flexibility index (Phi) is 5.67. The van der Waals surface area contributed by atoms with Gasteiger partial charge in [-0.15, -0.1) is 0 Å². The highest BCUT2D eigenvalue weighted by atomic mass is 35.5. The summed E-state index contributed by atoms with van der Waals surface area (Å²) in [5, 5.41) is 8.85. The number of aromatic nitrogens is 2. The molecular formula is C14H26ClN3. The molecule has 18 heavy (non-hydrogen) atoms. The molecular weight excluding hydrogens is 246 g/mol. The van der Waals surface area contributed by atoms with Gasteiger partial charge in [-0.25, -0.2) is 0 Å². The molecule has 1 heterocycles. The van der Waals surface area contributed by atoms with E-state index in [0.717, 1.165) is 23.7 Å². The Balaban J connectivity index is 2.77. The van der Waals surface area contributed by atoms with Crippen molar-refractivity contribution in [2.75, 3.05) is 0 Å². The quantitative estimate of drug-likeness (QED) is 0.859. The van der Waals surface area contributed by atoms with Crippen LogP contribution in [-0.2, 0) is 13.0 Å². The second-order valence-corrected chi connectivity index (χ2v) is 5.83. The molecule has 0 aliphatic heterocycles. The lowest BCUT2D eigenvalue weighted by molar-refractivity contribution is 0.365. The normalized spacial score (nSPS) is 15.1. The Morgan fingerprint density at radius 2 is 1.89 bits per heavy atom. The van der Waals surface area contributed by atoms with Crippen LogP contribution in [0.25, 0.3) is 0 Å². The van der Waals surface area contributed by atoms with Gasteiger partial charge in [-0.1, -0.05) is 32.4 Å². The van der Waals surface area contributed by atoms with Gasteiger partial charge in [-0.3, -0.25) is 4.68 Å². The number of nitrogens with one attached hydrogen (secondary N) is 1. The van der Waals surface area contributed by atoms with Crippen LogP contribution in [0.5, 0.6) is 0 Å². The van der Waals surface area contributed by atoms with E-state index in [9.17, 15) is 0 Å². The molecule has 1 N–H and O–H groups in total. The topological polar surface area (TPSA) is 29.9 Å². The summed E-state index contributed by atoms with van der Waals surface area (Å²) in [6.45, 7) is 13.8. The number of rotatable bonds is 6. The lowest BCUT2D eigenvalue weighted by Crippen LogP contribution is -2.38. The van der Waals surface area contributed by atoms with Gasteiger partial charge in [-0.2, -0.15) is 5.10 Å².